The monoisotopic (exact) mass is 287 g/mol. The molecule has 0 saturated heterocycles. The maximum absolute atomic E-state index is 13.4. The van der Waals surface area contributed by atoms with Gasteiger partial charge in [0, 0.05) is 21.5 Å². The van der Waals surface area contributed by atoms with Gasteiger partial charge in [-0.05, 0) is 54.4 Å². The molecule has 0 bridgehead atoms. The van der Waals surface area contributed by atoms with Gasteiger partial charge in [0.2, 0.25) is 0 Å². The predicted octanol–water partition coefficient (Wildman–Crippen LogP) is 4.75. The van der Waals surface area contributed by atoms with Crippen molar-refractivity contribution in [3.8, 4) is 11.3 Å². The first-order chi connectivity index (χ1) is 9.60. The Morgan fingerprint density at radius 3 is 2.70 bits per heavy atom. The number of carbonyl (C=O) groups excluding carboxylic acids is 1. The van der Waals surface area contributed by atoms with Crippen LogP contribution in [0.3, 0.4) is 0 Å². The molecule has 0 atom stereocenters. The number of hydrogen-bond acceptors (Lipinski definition) is 1. The standard InChI is InChI=1S/C16H11ClFNO/c1-9-6-10(2-4-14(9)18)16-13(8-20)12-7-11(17)3-5-15(12)19-16/h2-8,19H,1H3. The average Bonchev–Trinajstić information content (AvgIpc) is 2.79. The number of H-pyrrole nitrogens is 1. The molecule has 4 heteroatoms. The number of nitrogens with one attached hydrogen (secondary N) is 1. The highest BCUT2D eigenvalue weighted by Crippen LogP contribution is 2.31. The van der Waals surface area contributed by atoms with E-state index in [1.54, 1.807) is 31.2 Å². The zero-order chi connectivity index (χ0) is 14.3. The molecule has 0 spiro atoms. The molecule has 0 unspecified atom stereocenters. The lowest BCUT2D eigenvalue weighted by atomic mass is 10.0. The van der Waals surface area contributed by atoms with Crippen LogP contribution in [0.4, 0.5) is 4.39 Å². The smallest absolute Gasteiger partial charge is 0.152 e. The van der Waals surface area contributed by atoms with E-state index in [0.29, 0.717) is 21.8 Å². The molecule has 2 nitrogen and oxygen atoms in total. The number of benzene rings is 2. The molecular formula is C16H11ClFNO. The molecule has 0 fully saturated rings. The number of halogens is 2. The molecular weight excluding hydrogens is 277 g/mol. The quantitative estimate of drug-likeness (QED) is 0.678. The summed E-state index contributed by atoms with van der Waals surface area (Å²) in [5, 5.41) is 1.34. The summed E-state index contributed by atoms with van der Waals surface area (Å²) < 4.78 is 13.4. The fourth-order valence-electron chi connectivity index (χ4n) is 2.34. The summed E-state index contributed by atoms with van der Waals surface area (Å²) in [5.41, 5.74) is 3.36. The average molecular weight is 288 g/mol. The Morgan fingerprint density at radius 2 is 2.00 bits per heavy atom. The van der Waals surface area contributed by atoms with Gasteiger partial charge in [-0.15, -0.1) is 0 Å². The molecule has 100 valence electrons. The van der Waals surface area contributed by atoms with E-state index in [1.165, 1.54) is 6.07 Å². The van der Waals surface area contributed by atoms with E-state index in [0.717, 1.165) is 22.8 Å². The van der Waals surface area contributed by atoms with E-state index in [4.69, 9.17) is 11.6 Å². The van der Waals surface area contributed by atoms with Crippen LogP contribution in [0.5, 0.6) is 0 Å². The lowest BCUT2D eigenvalue weighted by Gasteiger charge is -2.02. The minimum absolute atomic E-state index is 0.263. The number of rotatable bonds is 2. The molecule has 3 rings (SSSR count). The summed E-state index contributed by atoms with van der Waals surface area (Å²) in [6, 6.07) is 10.1. The highest BCUT2D eigenvalue weighted by molar-refractivity contribution is 6.31. The second-order valence-corrected chi connectivity index (χ2v) is 5.12. The van der Waals surface area contributed by atoms with Crippen molar-refractivity contribution in [3.63, 3.8) is 0 Å². The second kappa shape index (κ2) is 4.76. The fourth-order valence-corrected chi connectivity index (χ4v) is 2.51. The number of carbonyl (C=O) groups is 1. The van der Waals surface area contributed by atoms with Gasteiger partial charge < -0.3 is 4.98 Å². The van der Waals surface area contributed by atoms with E-state index < -0.39 is 0 Å². The number of hydrogen-bond donors (Lipinski definition) is 1. The Hall–Kier alpha value is -2.13. The normalized spacial score (nSPS) is 10.9. The van der Waals surface area contributed by atoms with Crippen LogP contribution in [0.15, 0.2) is 36.4 Å². The third kappa shape index (κ3) is 2.00. The van der Waals surface area contributed by atoms with Gasteiger partial charge in [0.1, 0.15) is 5.82 Å². The summed E-state index contributed by atoms with van der Waals surface area (Å²) >= 11 is 5.97. The van der Waals surface area contributed by atoms with Crippen LogP contribution in [0.25, 0.3) is 22.2 Å². The second-order valence-electron chi connectivity index (χ2n) is 4.69. The van der Waals surface area contributed by atoms with Gasteiger partial charge in [0.05, 0.1) is 5.69 Å². The molecule has 0 aliphatic heterocycles. The van der Waals surface area contributed by atoms with Gasteiger partial charge in [-0.1, -0.05) is 11.6 Å². The molecule has 0 aliphatic rings. The van der Waals surface area contributed by atoms with Crippen molar-refractivity contribution in [2.24, 2.45) is 0 Å². The Morgan fingerprint density at radius 1 is 1.20 bits per heavy atom. The molecule has 1 N–H and O–H groups in total. The molecule has 2 aromatic carbocycles. The Kier molecular flexibility index (Phi) is 3.07. The summed E-state index contributed by atoms with van der Waals surface area (Å²) in [7, 11) is 0. The topological polar surface area (TPSA) is 32.9 Å². The van der Waals surface area contributed by atoms with Crippen LogP contribution in [-0.4, -0.2) is 11.3 Å². The summed E-state index contributed by atoms with van der Waals surface area (Å²) in [5.74, 6) is -0.263. The van der Waals surface area contributed by atoms with Crippen molar-refractivity contribution in [3.05, 3.63) is 58.4 Å². The van der Waals surface area contributed by atoms with Crippen molar-refractivity contribution < 1.29 is 9.18 Å². The first kappa shape index (κ1) is 12.9. The Balaban J connectivity index is 2.30. The number of aldehydes is 1. The van der Waals surface area contributed by atoms with E-state index >= 15 is 0 Å². The minimum atomic E-state index is -0.263. The maximum atomic E-state index is 13.4. The number of aryl methyl sites for hydroxylation is 1. The number of fused-ring (bicyclic) bond motifs is 1. The third-order valence-electron chi connectivity index (χ3n) is 3.37. The van der Waals surface area contributed by atoms with Crippen molar-refractivity contribution in [1.29, 1.82) is 0 Å². The Labute approximate surface area is 120 Å². The maximum Gasteiger partial charge on any atom is 0.152 e. The van der Waals surface area contributed by atoms with Crippen molar-refractivity contribution in [2.45, 2.75) is 6.92 Å². The van der Waals surface area contributed by atoms with Gasteiger partial charge in [0.15, 0.2) is 6.29 Å². The van der Waals surface area contributed by atoms with Crippen LogP contribution >= 0.6 is 11.6 Å². The van der Waals surface area contributed by atoms with E-state index in [9.17, 15) is 9.18 Å². The Bertz CT molecular complexity index is 823. The predicted molar refractivity (Wildman–Crippen MR) is 78.8 cm³/mol. The van der Waals surface area contributed by atoms with Crippen LogP contribution in [0.1, 0.15) is 15.9 Å². The minimum Gasteiger partial charge on any atom is -0.354 e. The molecule has 0 radical (unpaired) electrons. The molecule has 1 aromatic heterocycles. The molecule has 0 saturated carbocycles. The third-order valence-corrected chi connectivity index (χ3v) is 3.60. The highest BCUT2D eigenvalue weighted by atomic mass is 35.5. The van der Waals surface area contributed by atoms with Gasteiger partial charge in [0.25, 0.3) is 0 Å². The van der Waals surface area contributed by atoms with Crippen molar-refractivity contribution >= 4 is 28.8 Å². The van der Waals surface area contributed by atoms with Gasteiger partial charge in [-0.2, -0.15) is 0 Å². The first-order valence-electron chi connectivity index (χ1n) is 6.13. The van der Waals surface area contributed by atoms with Gasteiger partial charge >= 0.3 is 0 Å². The van der Waals surface area contributed by atoms with Gasteiger partial charge in [-0.25, -0.2) is 4.39 Å². The lowest BCUT2D eigenvalue weighted by molar-refractivity contribution is 0.112. The zero-order valence-electron chi connectivity index (χ0n) is 10.7. The van der Waals surface area contributed by atoms with Crippen LogP contribution in [-0.2, 0) is 0 Å². The molecule has 20 heavy (non-hydrogen) atoms. The number of aromatic nitrogens is 1. The molecule has 0 aliphatic carbocycles. The zero-order valence-corrected chi connectivity index (χ0v) is 11.5. The van der Waals surface area contributed by atoms with Gasteiger partial charge in [-0.3, -0.25) is 4.79 Å². The summed E-state index contributed by atoms with van der Waals surface area (Å²) in [6.45, 7) is 1.69. The first-order valence-corrected chi connectivity index (χ1v) is 6.51. The largest absolute Gasteiger partial charge is 0.354 e. The molecule has 0 amide bonds. The lowest BCUT2D eigenvalue weighted by Crippen LogP contribution is -1.88. The van der Waals surface area contributed by atoms with Crippen LogP contribution < -0.4 is 0 Å². The van der Waals surface area contributed by atoms with Crippen molar-refractivity contribution in [2.75, 3.05) is 0 Å². The van der Waals surface area contributed by atoms with E-state index in [2.05, 4.69) is 4.98 Å². The molecule has 3 aromatic rings. The van der Waals surface area contributed by atoms with Crippen LogP contribution in [0.2, 0.25) is 5.02 Å². The van der Waals surface area contributed by atoms with Crippen molar-refractivity contribution in [1.82, 2.24) is 4.98 Å². The fraction of sp³-hybridized carbons (Fsp3) is 0.0625. The molecule has 1 heterocycles. The number of aromatic amines is 1. The SMILES string of the molecule is Cc1cc(-c2[nH]c3ccc(Cl)cc3c2C=O)ccc1F. The van der Waals surface area contributed by atoms with E-state index in [-0.39, 0.29) is 5.82 Å². The van der Waals surface area contributed by atoms with E-state index in [1.807, 2.05) is 6.07 Å². The van der Waals surface area contributed by atoms with Crippen LogP contribution in [0, 0.1) is 12.7 Å². The highest BCUT2D eigenvalue weighted by Gasteiger charge is 2.13. The summed E-state index contributed by atoms with van der Waals surface area (Å²) in [4.78, 5) is 14.6. The summed E-state index contributed by atoms with van der Waals surface area (Å²) in [6.07, 6.45) is 0.795.